The van der Waals surface area contributed by atoms with Crippen molar-refractivity contribution < 1.29 is 13.2 Å². The van der Waals surface area contributed by atoms with Gasteiger partial charge in [0, 0.05) is 31.7 Å². The van der Waals surface area contributed by atoms with E-state index >= 15 is 0 Å². The van der Waals surface area contributed by atoms with Gasteiger partial charge in [0.1, 0.15) is 0 Å². The second kappa shape index (κ2) is 7.53. The van der Waals surface area contributed by atoms with Crippen LogP contribution >= 0.6 is 0 Å². The van der Waals surface area contributed by atoms with Crippen molar-refractivity contribution in [1.82, 2.24) is 10.0 Å². The minimum atomic E-state index is -3.59. The number of hydrogen-bond donors (Lipinski definition) is 3. The quantitative estimate of drug-likeness (QED) is 0.661. The first kappa shape index (κ1) is 17.6. The van der Waals surface area contributed by atoms with E-state index in [0.717, 1.165) is 0 Å². The fourth-order valence-corrected chi connectivity index (χ4v) is 3.09. The molecule has 1 aromatic rings. The summed E-state index contributed by atoms with van der Waals surface area (Å²) in [6.45, 7) is 7.96. The van der Waals surface area contributed by atoms with Gasteiger partial charge in [-0.25, -0.2) is 13.1 Å². The molecule has 0 aliphatic rings. The largest absolute Gasteiger partial charge is 0.326 e. The molecule has 0 unspecified atom stereocenters. The van der Waals surface area contributed by atoms with Gasteiger partial charge < -0.3 is 10.6 Å². The molecule has 1 amide bonds. The summed E-state index contributed by atoms with van der Waals surface area (Å²) in [5.74, 6) is -0.240. The number of sulfonamides is 1. The molecule has 0 aliphatic heterocycles. The zero-order valence-corrected chi connectivity index (χ0v) is 13.7. The highest BCUT2D eigenvalue weighted by Gasteiger charge is 2.17. The fraction of sp³-hybridized carbons (Fsp3) is 0.500. The number of carbonyl (C=O) groups is 1. The molecule has 0 aliphatic carbocycles. The number of carbonyl (C=O) groups excluding carboxylic acids is 1. The minimum absolute atomic E-state index is 0.179. The van der Waals surface area contributed by atoms with E-state index in [1.165, 1.54) is 13.0 Å². The van der Waals surface area contributed by atoms with E-state index in [0.29, 0.717) is 30.4 Å². The first-order chi connectivity index (χ1) is 9.72. The number of aryl methyl sites for hydroxylation is 1. The summed E-state index contributed by atoms with van der Waals surface area (Å²) < 4.78 is 27.1. The molecule has 3 N–H and O–H groups in total. The smallest absolute Gasteiger partial charge is 0.240 e. The number of benzene rings is 1. The van der Waals surface area contributed by atoms with Crippen LogP contribution in [0.4, 0.5) is 5.69 Å². The van der Waals surface area contributed by atoms with Crippen molar-refractivity contribution >= 4 is 21.6 Å². The Morgan fingerprint density at radius 3 is 2.48 bits per heavy atom. The third-order valence-electron chi connectivity index (χ3n) is 2.77. The van der Waals surface area contributed by atoms with Crippen LogP contribution < -0.4 is 15.4 Å². The van der Waals surface area contributed by atoms with E-state index in [4.69, 9.17) is 0 Å². The molecule has 118 valence electrons. The Labute approximate surface area is 126 Å². The van der Waals surface area contributed by atoms with Crippen molar-refractivity contribution in [3.8, 4) is 0 Å². The van der Waals surface area contributed by atoms with Crippen molar-refractivity contribution in [3.63, 3.8) is 0 Å². The maximum Gasteiger partial charge on any atom is 0.240 e. The number of nitrogens with one attached hydrogen (secondary N) is 3. The molecule has 0 saturated heterocycles. The summed E-state index contributed by atoms with van der Waals surface area (Å²) in [7, 11) is -3.59. The summed E-state index contributed by atoms with van der Waals surface area (Å²) in [5, 5.41) is 5.72. The van der Waals surface area contributed by atoms with Gasteiger partial charge in [0.25, 0.3) is 0 Å². The summed E-state index contributed by atoms with van der Waals surface area (Å²) in [4.78, 5) is 11.2. The van der Waals surface area contributed by atoms with Crippen molar-refractivity contribution in [3.05, 3.63) is 23.8 Å². The van der Waals surface area contributed by atoms with Crippen molar-refractivity contribution in [1.29, 1.82) is 0 Å². The monoisotopic (exact) mass is 313 g/mol. The van der Waals surface area contributed by atoms with E-state index < -0.39 is 10.0 Å². The van der Waals surface area contributed by atoms with Gasteiger partial charge in [0.15, 0.2) is 0 Å². The van der Waals surface area contributed by atoms with Gasteiger partial charge in [-0.1, -0.05) is 19.9 Å². The normalized spacial score (nSPS) is 11.7. The van der Waals surface area contributed by atoms with Crippen molar-refractivity contribution in [2.75, 3.05) is 18.4 Å². The van der Waals surface area contributed by atoms with E-state index in [2.05, 4.69) is 15.4 Å². The lowest BCUT2D eigenvalue weighted by Crippen LogP contribution is -2.34. The fourth-order valence-electron chi connectivity index (χ4n) is 1.79. The van der Waals surface area contributed by atoms with Gasteiger partial charge in [0.05, 0.1) is 4.90 Å². The van der Waals surface area contributed by atoms with Gasteiger partial charge in [-0.05, 0) is 24.6 Å². The molecule has 7 heteroatoms. The number of anilines is 1. The molecule has 21 heavy (non-hydrogen) atoms. The first-order valence-electron chi connectivity index (χ1n) is 6.83. The number of amides is 1. The zero-order chi connectivity index (χ0) is 16.0. The molecule has 0 radical (unpaired) electrons. The molecule has 1 aromatic carbocycles. The Balaban J connectivity index is 2.84. The van der Waals surface area contributed by atoms with Gasteiger partial charge in [-0.2, -0.15) is 0 Å². The maximum absolute atomic E-state index is 12.3. The molecule has 0 fully saturated rings. The van der Waals surface area contributed by atoms with Crippen LogP contribution in [0.2, 0.25) is 0 Å². The molecule has 0 bridgehead atoms. The van der Waals surface area contributed by atoms with Crippen LogP contribution in [-0.2, 0) is 14.8 Å². The Bertz CT molecular complexity index is 597. The van der Waals surface area contributed by atoms with E-state index in [9.17, 15) is 13.2 Å². The molecule has 1 rings (SSSR count). The van der Waals surface area contributed by atoms with Crippen LogP contribution in [0.15, 0.2) is 23.1 Å². The van der Waals surface area contributed by atoms with Crippen LogP contribution in [0.1, 0.15) is 26.3 Å². The molecule has 0 spiro atoms. The first-order valence-corrected chi connectivity index (χ1v) is 8.32. The lowest BCUT2D eigenvalue weighted by molar-refractivity contribution is -0.114. The predicted octanol–water partition coefficient (Wildman–Crippen LogP) is 1.23. The Kier molecular flexibility index (Phi) is 6.32. The average Bonchev–Trinajstić information content (AvgIpc) is 2.36. The van der Waals surface area contributed by atoms with Crippen LogP contribution in [0, 0.1) is 6.92 Å². The maximum atomic E-state index is 12.3. The summed E-state index contributed by atoms with van der Waals surface area (Å²) in [6.07, 6.45) is 0. The van der Waals surface area contributed by atoms with Gasteiger partial charge in [-0.3, -0.25) is 4.79 Å². The topological polar surface area (TPSA) is 87.3 Å². The number of rotatable bonds is 7. The van der Waals surface area contributed by atoms with Crippen LogP contribution in [0.5, 0.6) is 0 Å². The minimum Gasteiger partial charge on any atom is -0.326 e. The highest BCUT2D eigenvalue weighted by Crippen LogP contribution is 2.19. The second-order valence-corrected chi connectivity index (χ2v) is 6.90. The van der Waals surface area contributed by atoms with Crippen LogP contribution in [0.3, 0.4) is 0 Å². The Morgan fingerprint density at radius 1 is 1.24 bits per heavy atom. The number of hydrogen-bond acceptors (Lipinski definition) is 4. The van der Waals surface area contributed by atoms with Crippen molar-refractivity contribution in [2.45, 2.75) is 38.6 Å². The summed E-state index contributed by atoms with van der Waals surface area (Å²) in [6, 6.07) is 5.12. The molecule has 0 heterocycles. The standard InChI is InChI=1S/C14H23N3O3S/c1-10(2)15-7-8-16-21(19,20)14-9-13(17-12(4)18)6-5-11(14)3/h5-6,9-10,15-16H,7-8H2,1-4H3,(H,17,18). The third-order valence-corrected chi connectivity index (χ3v) is 4.37. The predicted molar refractivity (Wildman–Crippen MR) is 83.8 cm³/mol. The molecular weight excluding hydrogens is 290 g/mol. The summed E-state index contributed by atoms with van der Waals surface area (Å²) in [5.41, 5.74) is 1.10. The van der Waals surface area contributed by atoms with Gasteiger partial charge >= 0.3 is 0 Å². The molecule has 0 atom stereocenters. The Hall–Kier alpha value is -1.44. The van der Waals surface area contributed by atoms with Gasteiger partial charge in [-0.15, -0.1) is 0 Å². The highest BCUT2D eigenvalue weighted by atomic mass is 32.2. The summed E-state index contributed by atoms with van der Waals surface area (Å²) >= 11 is 0. The van der Waals surface area contributed by atoms with Crippen LogP contribution in [0.25, 0.3) is 0 Å². The van der Waals surface area contributed by atoms with E-state index in [1.54, 1.807) is 19.1 Å². The van der Waals surface area contributed by atoms with Gasteiger partial charge in [0.2, 0.25) is 15.9 Å². The SMILES string of the molecule is CC(=O)Nc1ccc(C)c(S(=O)(=O)NCCNC(C)C)c1. The van der Waals surface area contributed by atoms with E-state index in [-0.39, 0.29) is 10.8 Å². The van der Waals surface area contributed by atoms with E-state index in [1.807, 2.05) is 13.8 Å². The lowest BCUT2D eigenvalue weighted by Gasteiger charge is -2.12. The second-order valence-electron chi connectivity index (χ2n) is 5.17. The molecule has 0 saturated carbocycles. The molecule has 6 nitrogen and oxygen atoms in total. The zero-order valence-electron chi connectivity index (χ0n) is 12.9. The van der Waals surface area contributed by atoms with Crippen molar-refractivity contribution in [2.24, 2.45) is 0 Å². The highest BCUT2D eigenvalue weighted by molar-refractivity contribution is 7.89. The molecule has 0 aromatic heterocycles. The Morgan fingerprint density at radius 2 is 1.90 bits per heavy atom. The average molecular weight is 313 g/mol. The third kappa shape index (κ3) is 5.82. The molecular formula is C14H23N3O3S. The van der Waals surface area contributed by atoms with Crippen LogP contribution in [-0.4, -0.2) is 33.5 Å². The lowest BCUT2D eigenvalue weighted by atomic mass is 10.2.